The number of anilines is 1. The van der Waals surface area contributed by atoms with Gasteiger partial charge in [0.15, 0.2) is 0 Å². The molecule has 1 amide bonds. The maximum absolute atomic E-state index is 12.1. The highest BCUT2D eigenvalue weighted by Crippen LogP contribution is 2.19. The number of aromatic nitrogens is 3. The van der Waals surface area contributed by atoms with E-state index in [1.807, 2.05) is 38.3 Å². The van der Waals surface area contributed by atoms with Crippen molar-refractivity contribution < 1.29 is 9.21 Å². The Kier molecular flexibility index (Phi) is 5.50. The lowest BCUT2D eigenvalue weighted by Gasteiger charge is -2.06. The van der Waals surface area contributed by atoms with Gasteiger partial charge in [0.05, 0.1) is 22.9 Å². The minimum Gasteiger partial charge on any atom is -0.416 e. The standard InChI is InChI=1S/C17H18N4O2S2/c1-10-4-11(2)6-13(5-10)19-15(22)9-25-17-21-20-16(23-17)7-14-8-24-12(3)18-14/h4-6,8H,7,9H2,1-3H3,(H,19,22). The molecule has 2 heterocycles. The Balaban J connectivity index is 1.52. The molecule has 0 unspecified atom stereocenters. The number of rotatable bonds is 6. The Labute approximate surface area is 154 Å². The average molecular weight is 374 g/mol. The van der Waals surface area contributed by atoms with Gasteiger partial charge in [-0.05, 0) is 44.0 Å². The van der Waals surface area contributed by atoms with Crippen LogP contribution in [0.3, 0.4) is 0 Å². The van der Waals surface area contributed by atoms with E-state index in [-0.39, 0.29) is 11.7 Å². The van der Waals surface area contributed by atoms with Crippen LogP contribution in [0.5, 0.6) is 0 Å². The van der Waals surface area contributed by atoms with Crippen molar-refractivity contribution >= 4 is 34.7 Å². The fourth-order valence-electron chi connectivity index (χ4n) is 2.38. The van der Waals surface area contributed by atoms with Crippen LogP contribution in [0.4, 0.5) is 5.69 Å². The third kappa shape index (κ3) is 5.14. The summed E-state index contributed by atoms with van der Waals surface area (Å²) >= 11 is 2.81. The summed E-state index contributed by atoms with van der Waals surface area (Å²) in [5.74, 6) is 0.608. The second-order valence-corrected chi connectivity index (χ2v) is 7.70. The van der Waals surface area contributed by atoms with Crippen LogP contribution in [-0.4, -0.2) is 26.8 Å². The first-order chi connectivity index (χ1) is 12.0. The summed E-state index contributed by atoms with van der Waals surface area (Å²) in [6.07, 6.45) is 0.507. The van der Waals surface area contributed by atoms with Crippen LogP contribution in [-0.2, 0) is 11.2 Å². The molecule has 1 N–H and O–H groups in total. The molecule has 130 valence electrons. The zero-order valence-electron chi connectivity index (χ0n) is 14.2. The topological polar surface area (TPSA) is 80.9 Å². The second-order valence-electron chi connectivity index (χ2n) is 5.71. The Morgan fingerprint density at radius 3 is 2.64 bits per heavy atom. The normalized spacial score (nSPS) is 10.8. The number of benzene rings is 1. The van der Waals surface area contributed by atoms with Crippen LogP contribution in [0, 0.1) is 20.8 Å². The first kappa shape index (κ1) is 17.6. The van der Waals surface area contributed by atoms with Crippen LogP contribution in [0.15, 0.2) is 33.2 Å². The highest BCUT2D eigenvalue weighted by molar-refractivity contribution is 7.99. The molecule has 0 saturated heterocycles. The van der Waals surface area contributed by atoms with Gasteiger partial charge >= 0.3 is 0 Å². The molecule has 0 aliphatic carbocycles. The van der Waals surface area contributed by atoms with Crippen molar-refractivity contribution in [3.8, 4) is 0 Å². The average Bonchev–Trinajstić information content (AvgIpc) is 3.13. The number of nitrogens with zero attached hydrogens (tertiary/aromatic N) is 3. The van der Waals surface area contributed by atoms with Gasteiger partial charge in [0.25, 0.3) is 5.22 Å². The smallest absolute Gasteiger partial charge is 0.277 e. The zero-order valence-corrected chi connectivity index (χ0v) is 15.8. The molecule has 25 heavy (non-hydrogen) atoms. The van der Waals surface area contributed by atoms with Gasteiger partial charge in [-0.2, -0.15) is 0 Å². The van der Waals surface area contributed by atoms with Crippen LogP contribution in [0.2, 0.25) is 0 Å². The molecule has 0 spiro atoms. The molecule has 0 aliphatic rings. The molecule has 0 bridgehead atoms. The van der Waals surface area contributed by atoms with E-state index >= 15 is 0 Å². The Bertz CT molecular complexity index is 868. The molecule has 0 aliphatic heterocycles. The number of hydrogen-bond acceptors (Lipinski definition) is 7. The number of thiazole rings is 1. The summed E-state index contributed by atoms with van der Waals surface area (Å²) in [6.45, 7) is 5.96. The van der Waals surface area contributed by atoms with Crippen molar-refractivity contribution in [2.45, 2.75) is 32.4 Å². The molecule has 0 fully saturated rings. The van der Waals surface area contributed by atoms with Gasteiger partial charge in [0.1, 0.15) is 0 Å². The summed E-state index contributed by atoms with van der Waals surface area (Å²) in [4.78, 5) is 16.4. The number of thioether (sulfide) groups is 1. The molecular weight excluding hydrogens is 356 g/mol. The number of amides is 1. The van der Waals surface area contributed by atoms with Crippen LogP contribution < -0.4 is 5.32 Å². The van der Waals surface area contributed by atoms with Gasteiger partial charge in [-0.15, -0.1) is 21.5 Å². The van der Waals surface area contributed by atoms with Gasteiger partial charge in [-0.25, -0.2) is 4.98 Å². The van der Waals surface area contributed by atoms with Crippen molar-refractivity contribution in [3.05, 3.63) is 51.3 Å². The highest BCUT2D eigenvalue weighted by atomic mass is 32.2. The lowest BCUT2D eigenvalue weighted by atomic mass is 10.1. The molecule has 0 atom stereocenters. The quantitative estimate of drug-likeness (QED) is 0.662. The monoisotopic (exact) mass is 374 g/mol. The summed E-state index contributed by atoms with van der Waals surface area (Å²) in [5, 5.41) is 14.2. The second kappa shape index (κ2) is 7.79. The zero-order chi connectivity index (χ0) is 17.8. The van der Waals surface area contributed by atoms with Gasteiger partial charge in [-0.1, -0.05) is 17.8 Å². The lowest BCUT2D eigenvalue weighted by molar-refractivity contribution is -0.113. The summed E-state index contributed by atoms with van der Waals surface area (Å²) in [6, 6.07) is 5.95. The fourth-order valence-corrected chi connectivity index (χ4v) is 3.58. The molecule has 3 aromatic rings. The minimum atomic E-state index is -0.107. The molecule has 8 heteroatoms. The first-order valence-electron chi connectivity index (χ1n) is 7.72. The van der Waals surface area contributed by atoms with Crippen LogP contribution in [0.25, 0.3) is 0 Å². The SMILES string of the molecule is Cc1cc(C)cc(NC(=O)CSc2nnc(Cc3csc(C)n3)o2)c1. The third-order valence-corrected chi connectivity index (χ3v) is 4.92. The van der Waals surface area contributed by atoms with Crippen molar-refractivity contribution in [1.82, 2.24) is 15.2 Å². The Morgan fingerprint density at radius 1 is 1.20 bits per heavy atom. The summed E-state index contributed by atoms with van der Waals surface area (Å²) in [5.41, 5.74) is 3.94. The highest BCUT2D eigenvalue weighted by Gasteiger charge is 2.12. The lowest BCUT2D eigenvalue weighted by Crippen LogP contribution is -2.14. The van der Waals surface area contributed by atoms with Gasteiger partial charge in [-0.3, -0.25) is 4.79 Å². The summed E-state index contributed by atoms with van der Waals surface area (Å²) < 4.78 is 5.56. The Morgan fingerprint density at radius 2 is 1.96 bits per heavy atom. The molecule has 3 rings (SSSR count). The molecule has 0 radical (unpaired) electrons. The molecular formula is C17H18N4O2S2. The van der Waals surface area contributed by atoms with Crippen molar-refractivity contribution in [2.75, 3.05) is 11.1 Å². The Hall–Kier alpha value is -2.19. The number of carbonyl (C=O) groups is 1. The number of nitrogens with one attached hydrogen (secondary N) is 1. The van der Waals surface area contributed by atoms with E-state index in [9.17, 15) is 4.79 Å². The maximum Gasteiger partial charge on any atom is 0.277 e. The molecule has 2 aromatic heterocycles. The van der Waals surface area contributed by atoms with Gasteiger partial charge < -0.3 is 9.73 Å². The van der Waals surface area contributed by atoms with E-state index in [2.05, 4.69) is 26.6 Å². The van der Waals surface area contributed by atoms with Gasteiger partial charge in [0, 0.05) is 11.1 Å². The predicted octanol–water partition coefficient (Wildman–Crippen LogP) is 3.77. The van der Waals surface area contributed by atoms with Gasteiger partial charge in [0.2, 0.25) is 11.8 Å². The van der Waals surface area contributed by atoms with Crippen molar-refractivity contribution in [1.29, 1.82) is 0 Å². The van der Waals surface area contributed by atoms with Crippen LogP contribution >= 0.6 is 23.1 Å². The van der Waals surface area contributed by atoms with E-state index < -0.39 is 0 Å². The van der Waals surface area contributed by atoms with E-state index in [0.29, 0.717) is 17.5 Å². The number of hydrogen-bond donors (Lipinski definition) is 1. The number of aryl methyl sites for hydroxylation is 3. The van der Waals surface area contributed by atoms with E-state index in [1.165, 1.54) is 11.8 Å². The minimum absolute atomic E-state index is 0.107. The summed E-state index contributed by atoms with van der Waals surface area (Å²) in [7, 11) is 0. The van der Waals surface area contributed by atoms with Crippen LogP contribution in [0.1, 0.15) is 27.7 Å². The van der Waals surface area contributed by atoms with Crippen molar-refractivity contribution in [3.63, 3.8) is 0 Å². The first-order valence-corrected chi connectivity index (χ1v) is 9.59. The molecule has 6 nitrogen and oxygen atoms in total. The van der Waals surface area contributed by atoms with E-state index in [4.69, 9.17) is 4.42 Å². The molecule has 0 saturated carbocycles. The fraction of sp³-hybridized carbons (Fsp3) is 0.294. The van der Waals surface area contributed by atoms with Crippen molar-refractivity contribution in [2.24, 2.45) is 0 Å². The largest absolute Gasteiger partial charge is 0.416 e. The predicted molar refractivity (Wildman–Crippen MR) is 99.2 cm³/mol. The van der Waals surface area contributed by atoms with E-state index in [1.54, 1.807) is 11.3 Å². The molecule has 1 aromatic carbocycles. The van der Waals surface area contributed by atoms with E-state index in [0.717, 1.165) is 27.5 Å². The maximum atomic E-state index is 12.1. The number of carbonyl (C=O) groups excluding carboxylic acids is 1. The third-order valence-electron chi connectivity index (χ3n) is 3.28.